The van der Waals surface area contributed by atoms with Gasteiger partial charge in [-0.3, -0.25) is 4.79 Å². The van der Waals surface area contributed by atoms with Crippen molar-refractivity contribution in [3.05, 3.63) is 0 Å². The molecule has 1 atom stereocenters. The summed E-state index contributed by atoms with van der Waals surface area (Å²) in [7, 11) is 0. The zero-order chi connectivity index (χ0) is 23.7. The highest BCUT2D eigenvalue weighted by atomic mass is 16.6. The molecule has 190 valence electrons. The number of ether oxygens (including phenoxy) is 1. The molecule has 0 aromatic carbocycles. The minimum atomic E-state index is -1.01. The summed E-state index contributed by atoms with van der Waals surface area (Å²) in [4.78, 5) is 23.4. The van der Waals surface area contributed by atoms with Crippen LogP contribution in [-0.2, 0) is 14.3 Å². The summed E-state index contributed by atoms with van der Waals surface area (Å²) in [6.07, 6.45) is 25.5. The molecule has 0 aromatic heterocycles. The van der Waals surface area contributed by atoms with Crippen molar-refractivity contribution in [3.8, 4) is 0 Å². The Morgan fingerprint density at radius 1 is 0.562 bits per heavy atom. The van der Waals surface area contributed by atoms with Gasteiger partial charge in [0.2, 0.25) is 0 Å². The molecule has 4 heteroatoms. The second-order valence-corrected chi connectivity index (χ2v) is 9.57. The smallest absolute Gasteiger partial charge is 0.345 e. The van der Waals surface area contributed by atoms with Gasteiger partial charge in [0, 0.05) is 6.42 Å². The van der Waals surface area contributed by atoms with Crippen molar-refractivity contribution in [1.29, 1.82) is 0 Å². The Labute approximate surface area is 199 Å². The maximum Gasteiger partial charge on any atom is 0.345 e. The van der Waals surface area contributed by atoms with E-state index in [-0.39, 0.29) is 5.97 Å². The third-order valence-electron chi connectivity index (χ3n) is 6.35. The predicted molar refractivity (Wildman–Crippen MR) is 135 cm³/mol. The Morgan fingerprint density at radius 2 is 0.906 bits per heavy atom. The molecule has 0 radical (unpaired) electrons. The third kappa shape index (κ3) is 22.1. The first-order valence-corrected chi connectivity index (χ1v) is 14.0. The maximum atomic E-state index is 12.0. The van der Waals surface area contributed by atoms with Crippen molar-refractivity contribution in [2.24, 2.45) is 0 Å². The molecule has 1 N–H and O–H groups in total. The van der Waals surface area contributed by atoms with Crippen LogP contribution in [0.25, 0.3) is 0 Å². The quantitative estimate of drug-likeness (QED) is 0.110. The maximum absolute atomic E-state index is 12.0. The molecule has 0 amide bonds. The highest BCUT2D eigenvalue weighted by Gasteiger charge is 2.21. The van der Waals surface area contributed by atoms with Gasteiger partial charge in [0.05, 0.1) is 0 Å². The van der Waals surface area contributed by atoms with Crippen LogP contribution >= 0.6 is 0 Å². The van der Waals surface area contributed by atoms with E-state index in [0.717, 1.165) is 38.5 Å². The predicted octanol–water partition coefficient (Wildman–Crippen LogP) is 8.99. The Hall–Kier alpha value is -1.06. The normalized spacial score (nSPS) is 12.1. The van der Waals surface area contributed by atoms with E-state index < -0.39 is 12.1 Å². The molecule has 0 saturated heterocycles. The number of rotatable bonds is 25. The summed E-state index contributed by atoms with van der Waals surface area (Å²) in [6.45, 7) is 4.48. The first kappa shape index (κ1) is 30.9. The van der Waals surface area contributed by atoms with Crippen LogP contribution in [0.2, 0.25) is 0 Å². The summed E-state index contributed by atoms with van der Waals surface area (Å²) in [5.74, 6) is -1.35. The molecular weight excluding hydrogens is 400 g/mol. The second kappa shape index (κ2) is 24.6. The van der Waals surface area contributed by atoms with E-state index in [4.69, 9.17) is 4.74 Å². The minimum Gasteiger partial charge on any atom is -0.479 e. The number of unbranched alkanes of at least 4 members (excludes halogenated alkanes) is 19. The van der Waals surface area contributed by atoms with Crippen LogP contribution in [0.1, 0.15) is 162 Å². The zero-order valence-electron chi connectivity index (χ0n) is 21.5. The van der Waals surface area contributed by atoms with Crippen molar-refractivity contribution < 1.29 is 19.4 Å². The number of carbonyl (C=O) groups excluding carboxylic acids is 1. The van der Waals surface area contributed by atoms with Gasteiger partial charge in [0.25, 0.3) is 0 Å². The number of esters is 1. The van der Waals surface area contributed by atoms with E-state index in [1.54, 1.807) is 0 Å². The van der Waals surface area contributed by atoms with Crippen molar-refractivity contribution in [3.63, 3.8) is 0 Å². The first-order chi connectivity index (χ1) is 15.6. The fraction of sp³-hybridized carbons (Fsp3) is 0.929. The van der Waals surface area contributed by atoms with Gasteiger partial charge in [0.1, 0.15) is 0 Å². The van der Waals surface area contributed by atoms with Crippen LogP contribution in [-0.4, -0.2) is 23.1 Å². The highest BCUT2D eigenvalue weighted by Crippen LogP contribution is 2.15. The molecule has 32 heavy (non-hydrogen) atoms. The van der Waals surface area contributed by atoms with Crippen LogP contribution in [0.3, 0.4) is 0 Å². The Kier molecular flexibility index (Phi) is 23.8. The molecule has 0 rings (SSSR count). The van der Waals surface area contributed by atoms with Gasteiger partial charge < -0.3 is 9.84 Å². The monoisotopic (exact) mass is 454 g/mol. The van der Waals surface area contributed by atoms with Crippen LogP contribution in [0.4, 0.5) is 0 Å². The molecule has 0 bridgehead atoms. The number of carboxylic acids is 1. The van der Waals surface area contributed by atoms with Crippen LogP contribution in [0.5, 0.6) is 0 Å². The standard InChI is InChI=1S/C28H54O4/c1-3-5-7-9-11-13-15-17-19-21-23-25-27(29)32-26(28(30)31)24-22-20-18-16-14-12-10-8-6-4-2/h26H,3-25H2,1-2H3,(H,30,31)/t26-/m1/s1. The molecule has 0 unspecified atom stereocenters. The average Bonchev–Trinajstić information content (AvgIpc) is 2.77. The molecule has 0 aliphatic carbocycles. The fourth-order valence-corrected chi connectivity index (χ4v) is 4.20. The lowest BCUT2D eigenvalue weighted by Crippen LogP contribution is -2.27. The molecule has 0 saturated carbocycles. The van der Waals surface area contributed by atoms with Crippen molar-refractivity contribution in [2.75, 3.05) is 0 Å². The number of carbonyl (C=O) groups is 2. The molecule has 0 aromatic rings. The van der Waals surface area contributed by atoms with Gasteiger partial charge in [-0.2, -0.15) is 0 Å². The van der Waals surface area contributed by atoms with Crippen molar-refractivity contribution in [1.82, 2.24) is 0 Å². The number of aliphatic carboxylic acids is 1. The summed E-state index contributed by atoms with van der Waals surface area (Å²) in [5.41, 5.74) is 0. The van der Waals surface area contributed by atoms with E-state index in [1.807, 2.05) is 0 Å². The van der Waals surface area contributed by atoms with Gasteiger partial charge in [-0.05, 0) is 19.3 Å². The van der Waals surface area contributed by atoms with Gasteiger partial charge in [-0.15, -0.1) is 0 Å². The first-order valence-electron chi connectivity index (χ1n) is 14.0. The Balaban J connectivity index is 3.60. The number of carboxylic acid groups (broad SMARTS) is 1. The minimum absolute atomic E-state index is 0.346. The molecule has 0 heterocycles. The van der Waals surface area contributed by atoms with E-state index >= 15 is 0 Å². The fourth-order valence-electron chi connectivity index (χ4n) is 4.20. The second-order valence-electron chi connectivity index (χ2n) is 9.57. The average molecular weight is 455 g/mol. The molecule has 4 nitrogen and oxygen atoms in total. The lowest BCUT2D eigenvalue weighted by molar-refractivity contribution is -0.164. The summed E-state index contributed by atoms with van der Waals surface area (Å²) >= 11 is 0. The SMILES string of the molecule is CCCCCCCCCCCCCC(=O)O[C@H](CCCCCCCCCCCC)C(=O)O. The summed E-state index contributed by atoms with van der Waals surface area (Å²) in [5, 5.41) is 9.35. The van der Waals surface area contributed by atoms with E-state index in [9.17, 15) is 14.7 Å². The topological polar surface area (TPSA) is 63.6 Å². The Bertz CT molecular complexity index is 422. The zero-order valence-corrected chi connectivity index (χ0v) is 21.5. The molecule has 0 aliphatic heterocycles. The summed E-state index contributed by atoms with van der Waals surface area (Å²) < 4.78 is 5.25. The molecule has 0 fully saturated rings. The van der Waals surface area contributed by atoms with E-state index in [1.165, 1.54) is 96.3 Å². The molecule has 0 aliphatic rings. The van der Waals surface area contributed by atoms with Crippen molar-refractivity contribution in [2.45, 2.75) is 168 Å². The van der Waals surface area contributed by atoms with Gasteiger partial charge >= 0.3 is 11.9 Å². The van der Waals surface area contributed by atoms with Crippen LogP contribution in [0.15, 0.2) is 0 Å². The van der Waals surface area contributed by atoms with E-state index in [0.29, 0.717) is 12.8 Å². The van der Waals surface area contributed by atoms with Gasteiger partial charge in [-0.25, -0.2) is 4.79 Å². The van der Waals surface area contributed by atoms with E-state index in [2.05, 4.69) is 13.8 Å². The lowest BCUT2D eigenvalue weighted by Gasteiger charge is -2.13. The van der Waals surface area contributed by atoms with Gasteiger partial charge in [-0.1, -0.05) is 136 Å². The molecular formula is C28H54O4. The highest BCUT2D eigenvalue weighted by molar-refractivity contribution is 5.77. The largest absolute Gasteiger partial charge is 0.479 e. The lowest BCUT2D eigenvalue weighted by atomic mass is 10.0. The van der Waals surface area contributed by atoms with Crippen LogP contribution < -0.4 is 0 Å². The number of hydrogen-bond acceptors (Lipinski definition) is 3. The summed E-state index contributed by atoms with van der Waals surface area (Å²) in [6, 6.07) is 0. The van der Waals surface area contributed by atoms with Crippen LogP contribution in [0, 0.1) is 0 Å². The van der Waals surface area contributed by atoms with Crippen molar-refractivity contribution >= 4 is 11.9 Å². The molecule has 0 spiro atoms. The number of hydrogen-bond donors (Lipinski definition) is 1. The van der Waals surface area contributed by atoms with Gasteiger partial charge in [0.15, 0.2) is 6.10 Å². The Morgan fingerprint density at radius 3 is 1.28 bits per heavy atom. The third-order valence-corrected chi connectivity index (χ3v) is 6.35.